The lowest BCUT2D eigenvalue weighted by Gasteiger charge is -1.99. The van der Waals surface area contributed by atoms with E-state index < -0.39 is 0 Å². The van der Waals surface area contributed by atoms with Crippen LogP contribution in [-0.4, -0.2) is 15.2 Å². The zero-order chi connectivity index (χ0) is 11.0. The highest BCUT2D eigenvalue weighted by Gasteiger charge is 2.10. The molecule has 0 spiro atoms. The van der Waals surface area contributed by atoms with Gasteiger partial charge in [-0.15, -0.1) is 0 Å². The lowest BCUT2D eigenvalue weighted by atomic mass is 10.3. The number of hydrogen-bond acceptors (Lipinski definition) is 3. The predicted molar refractivity (Wildman–Crippen MR) is 61.7 cm³/mol. The van der Waals surface area contributed by atoms with Crippen molar-refractivity contribution in [1.29, 1.82) is 0 Å². The van der Waals surface area contributed by atoms with Crippen LogP contribution in [-0.2, 0) is 11.2 Å². The zero-order valence-electron chi connectivity index (χ0n) is 8.20. The first-order chi connectivity index (χ1) is 7.08. The smallest absolute Gasteiger partial charge is 0.137 e. The Balaban J connectivity index is 2.64. The molecule has 0 fully saturated rings. The standard InChI is InChI=1S/C10H10BrN3O/c1-6(15)4-9-13-10(11)8-3-2-7(12)5-14(8)9/h2-3,5H,4,12H2,1H3. The number of imidazole rings is 1. The second-order valence-corrected chi connectivity index (χ2v) is 4.17. The Morgan fingerprint density at radius 3 is 3.00 bits per heavy atom. The number of ketones is 1. The van der Waals surface area contributed by atoms with Crippen molar-refractivity contribution >= 4 is 32.9 Å². The van der Waals surface area contributed by atoms with Gasteiger partial charge < -0.3 is 10.1 Å². The fourth-order valence-corrected chi connectivity index (χ4v) is 2.00. The molecule has 2 rings (SSSR count). The summed E-state index contributed by atoms with van der Waals surface area (Å²) in [6.07, 6.45) is 2.08. The van der Waals surface area contributed by atoms with Gasteiger partial charge in [-0.25, -0.2) is 4.98 Å². The predicted octanol–water partition coefficient (Wildman–Crippen LogP) is 1.81. The summed E-state index contributed by atoms with van der Waals surface area (Å²) in [6.45, 7) is 1.54. The van der Waals surface area contributed by atoms with E-state index in [9.17, 15) is 4.79 Å². The van der Waals surface area contributed by atoms with Gasteiger partial charge in [0.1, 0.15) is 16.2 Å². The Morgan fingerprint density at radius 1 is 1.60 bits per heavy atom. The monoisotopic (exact) mass is 267 g/mol. The van der Waals surface area contributed by atoms with E-state index in [1.165, 1.54) is 0 Å². The second-order valence-electron chi connectivity index (χ2n) is 3.42. The van der Waals surface area contributed by atoms with E-state index in [4.69, 9.17) is 5.73 Å². The van der Waals surface area contributed by atoms with Crippen LogP contribution in [0.25, 0.3) is 5.52 Å². The molecule has 2 aromatic heterocycles. The molecule has 0 atom stereocenters. The molecule has 0 amide bonds. The number of carbonyl (C=O) groups is 1. The van der Waals surface area contributed by atoms with Gasteiger partial charge in [-0.2, -0.15) is 0 Å². The van der Waals surface area contributed by atoms with Gasteiger partial charge >= 0.3 is 0 Å². The first kappa shape index (κ1) is 10.2. The van der Waals surface area contributed by atoms with Crippen LogP contribution in [0.2, 0.25) is 0 Å². The Hall–Kier alpha value is -1.36. The minimum Gasteiger partial charge on any atom is -0.398 e. The largest absolute Gasteiger partial charge is 0.398 e. The van der Waals surface area contributed by atoms with Crippen LogP contribution in [0.15, 0.2) is 22.9 Å². The van der Waals surface area contributed by atoms with Gasteiger partial charge in [-0.3, -0.25) is 4.79 Å². The van der Waals surface area contributed by atoms with Gasteiger partial charge in [0, 0.05) is 11.9 Å². The Labute approximate surface area is 95.2 Å². The summed E-state index contributed by atoms with van der Waals surface area (Å²) in [5.74, 6) is 0.786. The highest BCUT2D eigenvalue weighted by molar-refractivity contribution is 9.10. The average Bonchev–Trinajstić information content (AvgIpc) is 2.42. The van der Waals surface area contributed by atoms with Crippen molar-refractivity contribution in [2.75, 3.05) is 5.73 Å². The third-order valence-corrected chi connectivity index (χ3v) is 2.68. The molecule has 0 aromatic carbocycles. The molecule has 78 valence electrons. The van der Waals surface area contributed by atoms with Crippen molar-refractivity contribution in [3.8, 4) is 0 Å². The van der Waals surface area contributed by atoms with Gasteiger partial charge in [0.2, 0.25) is 0 Å². The highest BCUT2D eigenvalue weighted by atomic mass is 79.9. The van der Waals surface area contributed by atoms with Gasteiger partial charge in [-0.1, -0.05) is 0 Å². The molecule has 4 nitrogen and oxygen atoms in total. The van der Waals surface area contributed by atoms with E-state index in [0.29, 0.717) is 17.9 Å². The lowest BCUT2D eigenvalue weighted by molar-refractivity contribution is -0.116. The van der Waals surface area contributed by atoms with Crippen molar-refractivity contribution in [1.82, 2.24) is 9.38 Å². The SMILES string of the molecule is CC(=O)Cc1nc(Br)c2ccc(N)cn12. The molecule has 0 aliphatic carbocycles. The van der Waals surface area contributed by atoms with Crippen molar-refractivity contribution < 1.29 is 4.79 Å². The molecule has 2 heterocycles. The number of halogens is 1. The number of anilines is 1. The van der Waals surface area contributed by atoms with E-state index in [2.05, 4.69) is 20.9 Å². The molecule has 0 bridgehead atoms. The summed E-state index contributed by atoms with van der Waals surface area (Å²) in [5.41, 5.74) is 7.25. The van der Waals surface area contributed by atoms with Crippen LogP contribution in [0.1, 0.15) is 12.7 Å². The van der Waals surface area contributed by atoms with Crippen LogP contribution in [0.5, 0.6) is 0 Å². The van der Waals surface area contributed by atoms with Crippen LogP contribution >= 0.6 is 15.9 Å². The van der Waals surface area contributed by atoms with Crippen molar-refractivity contribution in [2.24, 2.45) is 0 Å². The van der Waals surface area contributed by atoms with Gasteiger partial charge in [0.15, 0.2) is 0 Å². The molecule has 0 radical (unpaired) electrons. The zero-order valence-corrected chi connectivity index (χ0v) is 9.78. The third kappa shape index (κ3) is 1.87. The Bertz CT molecular complexity index is 533. The molecule has 15 heavy (non-hydrogen) atoms. The molecule has 0 aliphatic rings. The number of nitrogens with two attached hydrogens (primary N) is 1. The number of pyridine rings is 1. The average molecular weight is 268 g/mol. The van der Waals surface area contributed by atoms with E-state index in [1.54, 1.807) is 19.2 Å². The summed E-state index contributed by atoms with van der Waals surface area (Å²) in [6, 6.07) is 3.68. The Kier molecular flexibility index (Phi) is 2.48. The van der Waals surface area contributed by atoms with Crippen LogP contribution in [0.4, 0.5) is 5.69 Å². The highest BCUT2D eigenvalue weighted by Crippen LogP contribution is 2.20. The molecule has 0 aliphatic heterocycles. The maximum absolute atomic E-state index is 11.1. The minimum absolute atomic E-state index is 0.0804. The quantitative estimate of drug-likeness (QED) is 0.903. The number of rotatable bonds is 2. The van der Waals surface area contributed by atoms with Gasteiger partial charge in [0.05, 0.1) is 11.9 Å². The maximum atomic E-state index is 11.1. The summed E-state index contributed by atoms with van der Waals surface area (Å²) in [5, 5.41) is 0. The van der Waals surface area contributed by atoms with Gasteiger partial charge in [0.25, 0.3) is 0 Å². The molecule has 0 unspecified atom stereocenters. The summed E-state index contributed by atoms with van der Waals surface area (Å²) < 4.78 is 2.57. The fraction of sp³-hybridized carbons (Fsp3) is 0.200. The fourth-order valence-electron chi connectivity index (χ4n) is 1.47. The number of fused-ring (bicyclic) bond motifs is 1. The van der Waals surface area contributed by atoms with Crippen LogP contribution < -0.4 is 5.73 Å². The first-order valence-corrected chi connectivity index (χ1v) is 5.28. The number of nitrogens with zero attached hydrogens (tertiary/aromatic N) is 2. The number of carbonyl (C=O) groups excluding carboxylic acids is 1. The third-order valence-electron chi connectivity index (χ3n) is 2.10. The number of nitrogen functional groups attached to an aromatic ring is 1. The van der Waals surface area contributed by atoms with Crippen LogP contribution in [0, 0.1) is 0 Å². The topological polar surface area (TPSA) is 60.4 Å². The van der Waals surface area contributed by atoms with E-state index in [0.717, 1.165) is 10.1 Å². The van der Waals surface area contributed by atoms with Crippen molar-refractivity contribution in [3.05, 3.63) is 28.8 Å². The molecule has 2 N–H and O–H groups in total. The Morgan fingerprint density at radius 2 is 2.33 bits per heavy atom. The molecular weight excluding hydrogens is 258 g/mol. The van der Waals surface area contributed by atoms with E-state index >= 15 is 0 Å². The summed E-state index contributed by atoms with van der Waals surface area (Å²) >= 11 is 3.35. The van der Waals surface area contributed by atoms with Crippen LogP contribution in [0.3, 0.4) is 0 Å². The lowest BCUT2D eigenvalue weighted by Crippen LogP contribution is -2.02. The van der Waals surface area contributed by atoms with Crippen molar-refractivity contribution in [2.45, 2.75) is 13.3 Å². The summed E-state index contributed by atoms with van der Waals surface area (Å²) in [4.78, 5) is 15.3. The maximum Gasteiger partial charge on any atom is 0.137 e. The normalized spacial score (nSPS) is 10.8. The number of Topliss-reactive ketones (excluding diaryl/α,β-unsaturated/α-hetero) is 1. The molecule has 0 saturated carbocycles. The van der Waals surface area contributed by atoms with E-state index in [-0.39, 0.29) is 5.78 Å². The van der Waals surface area contributed by atoms with E-state index in [1.807, 2.05) is 10.5 Å². The van der Waals surface area contributed by atoms with Crippen molar-refractivity contribution in [3.63, 3.8) is 0 Å². The summed E-state index contributed by atoms with van der Waals surface area (Å²) in [7, 11) is 0. The number of hydrogen-bond donors (Lipinski definition) is 1. The molecule has 0 saturated heterocycles. The molecular formula is C10H10BrN3O. The minimum atomic E-state index is 0.0804. The second kappa shape index (κ2) is 3.66. The molecule has 5 heteroatoms. The van der Waals surface area contributed by atoms with Gasteiger partial charge in [-0.05, 0) is 35.0 Å². The molecule has 2 aromatic rings. The first-order valence-electron chi connectivity index (χ1n) is 4.49. The number of aromatic nitrogens is 2.